The maximum Gasteiger partial charge on any atom is 0.0825 e. The monoisotopic (exact) mass is 283 g/mol. The SMILES string of the molecule is CCn1ccc(CNc2cn(C(C)C)nc2C)n1.Cl. The van der Waals surface area contributed by atoms with Crippen molar-refractivity contribution in [2.75, 3.05) is 5.32 Å². The number of hydrogen-bond acceptors (Lipinski definition) is 3. The standard InChI is InChI=1S/C13H21N5.ClH/c1-5-17-7-6-12(16-17)8-14-13-9-18(10(2)3)15-11(13)4;/h6-7,9-10,14H,5,8H2,1-4H3;1H. The van der Waals surface area contributed by atoms with Crippen molar-refractivity contribution in [3.63, 3.8) is 0 Å². The summed E-state index contributed by atoms with van der Waals surface area (Å²) in [5.74, 6) is 0. The molecule has 2 aromatic rings. The third-order valence-corrected chi connectivity index (χ3v) is 2.93. The van der Waals surface area contributed by atoms with E-state index in [0.29, 0.717) is 6.04 Å². The Morgan fingerprint density at radius 1 is 1.32 bits per heavy atom. The minimum atomic E-state index is 0. The smallest absolute Gasteiger partial charge is 0.0825 e. The van der Waals surface area contributed by atoms with Crippen molar-refractivity contribution in [3.05, 3.63) is 29.8 Å². The first-order valence-electron chi connectivity index (χ1n) is 6.42. The average Bonchev–Trinajstić information content (AvgIpc) is 2.93. The van der Waals surface area contributed by atoms with Gasteiger partial charge in [-0.15, -0.1) is 12.4 Å². The van der Waals surface area contributed by atoms with Crippen molar-refractivity contribution < 1.29 is 0 Å². The van der Waals surface area contributed by atoms with E-state index in [2.05, 4.69) is 42.5 Å². The van der Waals surface area contributed by atoms with Gasteiger partial charge in [-0.05, 0) is 33.8 Å². The van der Waals surface area contributed by atoms with Crippen LogP contribution in [-0.4, -0.2) is 19.6 Å². The average molecular weight is 284 g/mol. The summed E-state index contributed by atoms with van der Waals surface area (Å²) >= 11 is 0. The fourth-order valence-corrected chi connectivity index (χ4v) is 1.78. The van der Waals surface area contributed by atoms with Gasteiger partial charge < -0.3 is 5.32 Å². The summed E-state index contributed by atoms with van der Waals surface area (Å²) in [5, 5.41) is 12.3. The molecule has 0 bridgehead atoms. The molecule has 1 N–H and O–H groups in total. The van der Waals surface area contributed by atoms with Crippen LogP contribution in [0.3, 0.4) is 0 Å². The van der Waals surface area contributed by atoms with Crippen molar-refractivity contribution in [3.8, 4) is 0 Å². The molecule has 0 amide bonds. The van der Waals surface area contributed by atoms with E-state index in [-0.39, 0.29) is 12.4 Å². The molecule has 0 aliphatic carbocycles. The highest BCUT2D eigenvalue weighted by molar-refractivity contribution is 5.85. The molecule has 0 aliphatic rings. The van der Waals surface area contributed by atoms with Gasteiger partial charge in [-0.3, -0.25) is 9.36 Å². The molecule has 19 heavy (non-hydrogen) atoms. The predicted molar refractivity (Wildman–Crippen MR) is 79.8 cm³/mol. The summed E-state index contributed by atoms with van der Waals surface area (Å²) in [6, 6.07) is 2.43. The number of hydrogen-bond donors (Lipinski definition) is 1. The van der Waals surface area contributed by atoms with Gasteiger partial charge >= 0.3 is 0 Å². The molecule has 0 aliphatic heterocycles. The Morgan fingerprint density at radius 3 is 2.58 bits per heavy atom. The van der Waals surface area contributed by atoms with Gasteiger partial charge in [0.05, 0.1) is 23.6 Å². The van der Waals surface area contributed by atoms with Gasteiger partial charge in [0, 0.05) is 25.0 Å². The lowest BCUT2D eigenvalue weighted by Crippen LogP contribution is -2.02. The first kappa shape index (κ1) is 15.6. The molecule has 0 saturated carbocycles. The van der Waals surface area contributed by atoms with Crippen molar-refractivity contribution in [2.45, 2.75) is 46.8 Å². The van der Waals surface area contributed by atoms with Crippen LogP contribution in [0.15, 0.2) is 18.5 Å². The number of nitrogens with zero attached hydrogens (tertiary/aromatic N) is 4. The van der Waals surface area contributed by atoms with Crippen LogP contribution in [0.2, 0.25) is 0 Å². The van der Waals surface area contributed by atoms with Gasteiger partial charge in [0.15, 0.2) is 0 Å². The molecule has 2 rings (SSSR count). The molecule has 0 fully saturated rings. The summed E-state index contributed by atoms with van der Waals surface area (Å²) in [4.78, 5) is 0. The lowest BCUT2D eigenvalue weighted by atomic mass is 10.3. The molecule has 0 atom stereocenters. The van der Waals surface area contributed by atoms with E-state index in [1.54, 1.807) is 0 Å². The van der Waals surface area contributed by atoms with Crippen molar-refractivity contribution in [1.29, 1.82) is 0 Å². The zero-order valence-corrected chi connectivity index (χ0v) is 12.7. The highest BCUT2D eigenvalue weighted by Gasteiger charge is 2.07. The summed E-state index contributed by atoms with van der Waals surface area (Å²) in [6.07, 6.45) is 4.05. The maximum atomic E-state index is 4.47. The fraction of sp³-hybridized carbons (Fsp3) is 0.538. The van der Waals surface area contributed by atoms with Crippen LogP contribution < -0.4 is 5.32 Å². The quantitative estimate of drug-likeness (QED) is 0.917. The summed E-state index contributed by atoms with van der Waals surface area (Å²) < 4.78 is 3.91. The zero-order chi connectivity index (χ0) is 13.1. The molecule has 0 saturated heterocycles. The van der Waals surface area contributed by atoms with Crippen molar-refractivity contribution in [2.24, 2.45) is 0 Å². The normalized spacial score (nSPS) is 10.6. The lowest BCUT2D eigenvalue weighted by Gasteiger charge is -2.03. The first-order valence-corrected chi connectivity index (χ1v) is 6.42. The van der Waals surface area contributed by atoms with Crippen LogP contribution >= 0.6 is 12.4 Å². The van der Waals surface area contributed by atoms with E-state index in [1.165, 1.54) is 0 Å². The van der Waals surface area contributed by atoms with Crippen molar-refractivity contribution >= 4 is 18.1 Å². The summed E-state index contributed by atoms with van der Waals surface area (Å²) in [5.41, 5.74) is 3.15. The third kappa shape index (κ3) is 3.73. The van der Waals surface area contributed by atoms with E-state index < -0.39 is 0 Å². The Labute approximate surface area is 120 Å². The Morgan fingerprint density at radius 2 is 2.05 bits per heavy atom. The molecule has 106 valence electrons. The van der Waals surface area contributed by atoms with Gasteiger partial charge in [0.2, 0.25) is 0 Å². The second-order valence-electron chi connectivity index (χ2n) is 4.72. The molecule has 2 heterocycles. The number of rotatable bonds is 5. The lowest BCUT2D eigenvalue weighted by molar-refractivity contribution is 0.529. The molecule has 0 unspecified atom stereocenters. The van der Waals surface area contributed by atoms with E-state index in [9.17, 15) is 0 Å². The topological polar surface area (TPSA) is 47.7 Å². The second-order valence-corrected chi connectivity index (χ2v) is 4.72. The molecule has 0 spiro atoms. The van der Waals surface area contributed by atoms with E-state index >= 15 is 0 Å². The number of halogens is 1. The molecule has 2 aromatic heterocycles. The number of anilines is 1. The molecule has 0 radical (unpaired) electrons. The summed E-state index contributed by atoms with van der Waals surface area (Å²) in [7, 11) is 0. The first-order chi connectivity index (χ1) is 8.60. The minimum absolute atomic E-state index is 0. The fourth-order valence-electron chi connectivity index (χ4n) is 1.78. The number of aromatic nitrogens is 4. The number of aryl methyl sites for hydroxylation is 2. The minimum Gasteiger partial charge on any atom is -0.377 e. The van der Waals surface area contributed by atoms with Crippen LogP contribution in [0, 0.1) is 6.92 Å². The largest absolute Gasteiger partial charge is 0.377 e. The Bertz CT molecular complexity index is 515. The van der Waals surface area contributed by atoms with Crippen LogP contribution in [0.5, 0.6) is 0 Å². The highest BCUT2D eigenvalue weighted by Crippen LogP contribution is 2.16. The molecular weight excluding hydrogens is 262 g/mol. The predicted octanol–water partition coefficient (Wildman–Crippen LogP) is 3.02. The molecule has 0 aromatic carbocycles. The van der Waals surface area contributed by atoms with Crippen molar-refractivity contribution in [1.82, 2.24) is 19.6 Å². The van der Waals surface area contributed by atoms with Gasteiger partial charge in [-0.25, -0.2) is 0 Å². The third-order valence-electron chi connectivity index (χ3n) is 2.93. The van der Waals surface area contributed by atoms with Gasteiger partial charge in [0.25, 0.3) is 0 Å². The Balaban J connectivity index is 0.00000180. The van der Waals surface area contributed by atoms with E-state index in [1.807, 2.05) is 28.6 Å². The maximum absolute atomic E-state index is 4.47. The summed E-state index contributed by atoms with van der Waals surface area (Å²) in [6.45, 7) is 9.99. The van der Waals surface area contributed by atoms with Crippen LogP contribution in [-0.2, 0) is 13.1 Å². The van der Waals surface area contributed by atoms with E-state index in [0.717, 1.165) is 30.2 Å². The van der Waals surface area contributed by atoms with Gasteiger partial charge in [-0.2, -0.15) is 10.2 Å². The highest BCUT2D eigenvalue weighted by atomic mass is 35.5. The van der Waals surface area contributed by atoms with Crippen LogP contribution in [0.4, 0.5) is 5.69 Å². The van der Waals surface area contributed by atoms with Crippen LogP contribution in [0.25, 0.3) is 0 Å². The van der Waals surface area contributed by atoms with Crippen LogP contribution in [0.1, 0.15) is 38.2 Å². The number of nitrogens with one attached hydrogen (secondary N) is 1. The Hall–Kier alpha value is -1.49. The second kappa shape index (κ2) is 6.61. The van der Waals surface area contributed by atoms with Gasteiger partial charge in [0.1, 0.15) is 0 Å². The molecule has 6 heteroatoms. The zero-order valence-electron chi connectivity index (χ0n) is 11.9. The van der Waals surface area contributed by atoms with Gasteiger partial charge in [-0.1, -0.05) is 0 Å². The van der Waals surface area contributed by atoms with E-state index in [4.69, 9.17) is 0 Å². The molecular formula is C13H22ClN5. The Kier molecular flexibility index (Phi) is 5.42. The molecule has 5 nitrogen and oxygen atoms in total.